The number of hydrogen-bond acceptors (Lipinski definition) is 8. The van der Waals surface area contributed by atoms with Gasteiger partial charge >= 0.3 is 5.97 Å². The van der Waals surface area contributed by atoms with Gasteiger partial charge in [0.05, 0.1) is 0 Å². The number of β-lactam (4-membered cyclic amide) rings is 1. The fraction of sp³-hybridized carbons (Fsp3) is 0.545. The SMILES string of the molecule is CCC(Sc1nn[nH]n1)C1=C(C(=O)O)N2C(=O)C(N)[C@@H]2SC1. The highest BCUT2D eigenvalue weighted by atomic mass is 32.2. The van der Waals surface area contributed by atoms with Crippen molar-refractivity contribution in [2.45, 2.75) is 35.2 Å². The minimum Gasteiger partial charge on any atom is -0.477 e. The highest BCUT2D eigenvalue weighted by Crippen LogP contribution is 2.43. The van der Waals surface area contributed by atoms with Crippen molar-refractivity contribution < 1.29 is 14.7 Å². The van der Waals surface area contributed by atoms with E-state index in [1.54, 1.807) is 0 Å². The molecule has 1 aromatic heterocycles. The fourth-order valence-electron chi connectivity index (χ4n) is 2.52. The predicted octanol–water partition coefficient (Wildman–Crippen LogP) is -0.348. The van der Waals surface area contributed by atoms with E-state index in [-0.39, 0.29) is 22.2 Å². The first kappa shape index (κ1) is 15.3. The molecule has 2 unspecified atom stereocenters. The first-order chi connectivity index (χ1) is 10.5. The van der Waals surface area contributed by atoms with Crippen molar-refractivity contribution in [1.82, 2.24) is 25.5 Å². The highest BCUT2D eigenvalue weighted by Gasteiger charge is 2.52. The van der Waals surface area contributed by atoms with Crippen LogP contribution in [0.5, 0.6) is 0 Å². The van der Waals surface area contributed by atoms with Crippen LogP contribution in [-0.2, 0) is 9.59 Å². The second-order valence-electron chi connectivity index (χ2n) is 4.82. The summed E-state index contributed by atoms with van der Waals surface area (Å²) in [6, 6.07) is -0.620. The molecular formula is C11H14N6O3S2. The summed E-state index contributed by atoms with van der Waals surface area (Å²) >= 11 is 2.82. The lowest BCUT2D eigenvalue weighted by Crippen LogP contribution is -2.68. The average molecular weight is 342 g/mol. The third-order valence-electron chi connectivity index (χ3n) is 3.57. The molecule has 0 radical (unpaired) electrons. The Labute approximate surface area is 134 Å². The van der Waals surface area contributed by atoms with E-state index >= 15 is 0 Å². The van der Waals surface area contributed by atoms with Crippen molar-refractivity contribution in [2.75, 3.05) is 5.75 Å². The lowest BCUT2D eigenvalue weighted by Gasteiger charge is -2.48. The fourth-order valence-corrected chi connectivity index (χ4v) is 4.93. The normalized spacial score (nSPS) is 25.7. The number of hydrogen-bond donors (Lipinski definition) is 3. The van der Waals surface area contributed by atoms with Crippen LogP contribution in [0.25, 0.3) is 0 Å². The smallest absolute Gasteiger partial charge is 0.352 e. The number of aromatic nitrogens is 4. The number of carbonyl (C=O) groups excluding carboxylic acids is 1. The van der Waals surface area contributed by atoms with Crippen LogP contribution in [0.2, 0.25) is 0 Å². The Kier molecular flexibility index (Phi) is 4.10. The van der Waals surface area contributed by atoms with Crippen molar-refractivity contribution in [3.05, 3.63) is 11.3 Å². The maximum atomic E-state index is 11.9. The molecule has 1 fully saturated rings. The van der Waals surface area contributed by atoms with Crippen molar-refractivity contribution >= 4 is 35.4 Å². The molecule has 0 saturated carbocycles. The first-order valence-corrected chi connectivity index (χ1v) is 8.54. The third-order valence-corrected chi connectivity index (χ3v) is 6.18. The van der Waals surface area contributed by atoms with E-state index < -0.39 is 12.0 Å². The van der Waals surface area contributed by atoms with Crippen LogP contribution in [0.4, 0.5) is 0 Å². The van der Waals surface area contributed by atoms with Gasteiger partial charge in [0, 0.05) is 11.0 Å². The van der Waals surface area contributed by atoms with Gasteiger partial charge in [-0.1, -0.05) is 18.7 Å². The van der Waals surface area contributed by atoms with E-state index in [0.29, 0.717) is 22.9 Å². The van der Waals surface area contributed by atoms with Gasteiger partial charge in [0.15, 0.2) is 0 Å². The second-order valence-corrected chi connectivity index (χ2v) is 7.10. The Morgan fingerprint density at radius 1 is 1.68 bits per heavy atom. The van der Waals surface area contributed by atoms with Gasteiger partial charge in [0.25, 0.3) is 0 Å². The molecule has 1 saturated heterocycles. The molecule has 0 aliphatic carbocycles. The second kappa shape index (κ2) is 5.89. The van der Waals surface area contributed by atoms with Crippen molar-refractivity contribution in [2.24, 2.45) is 5.73 Å². The number of thioether (sulfide) groups is 2. The van der Waals surface area contributed by atoms with Gasteiger partial charge in [-0.15, -0.1) is 22.0 Å². The number of aliphatic carboxylic acids is 1. The molecule has 3 atom stereocenters. The van der Waals surface area contributed by atoms with Gasteiger partial charge in [0.2, 0.25) is 11.1 Å². The summed E-state index contributed by atoms with van der Waals surface area (Å²) in [6.45, 7) is 1.95. The molecule has 0 aromatic carbocycles. The number of amides is 1. The molecule has 118 valence electrons. The van der Waals surface area contributed by atoms with E-state index in [1.807, 2.05) is 6.92 Å². The van der Waals surface area contributed by atoms with Crippen molar-refractivity contribution in [3.8, 4) is 0 Å². The number of aromatic amines is 1. The average Bonchev–Trinajstić information content (AvgIpc) is 3.03. The van der Waals surface area contributed by atoms with Gasteiger partial charge in [-0.05, 0) is 17.2 Å². The van der Waals surface area contributed by atoms with Crippen LogP contribution in [0.15, 0.2) is 16.4 Å². The summed E-state index contributed by atoms with van der Waals surface area (Å²) < 4.78 is 0. The zero-order chi connectivity index (χ0) is 15.9. The Bertz CT molecular complexity index is 634. The van der Waals surface area contributed by atoms with E-state index in [0.717, 1.165) is 0 Å². The minimum absolute atomic E-state index is 0.0540. The van der Waals surface area contributed by atoms with Crippen LogP contribution in [-0.4, -0.2) is 64.9 Å². The maximum Gasteiger partial charge on any atom is 0.352 e. The van der Waals surface area contributed by atoms with Crippen molar-refractivity contribution in [1.29, 1.82) is 0 Å². The van der Waals surface area contributed by atoms with E-state index in [2.05, 4.69) is 20.6 Å². The molecule has 22 heavy (non-hydrogen) atoms. The first-order valence-electron chi connectivity index (χ1n) is 6.61. The summed E-state index contributed by atoms with van der Waals surface area (Å²) in [5.74, 6) is -0.924. The quantitative estimate of drug-likeness (QED) is 0.484. The van der Waals surface area contributed by atoms with E-state index in [1.165, 1.54) is 28.4 Å². The maximum absolute atomic E-state index is 11.9. The van der Waals surface area contributed by atoms with E-state index in [4.69, 9.17) is 5.73 Å². The number of H-pyrrole nitrogens is 1. The molecular weight excluding hydrogens is 328 g/mol. The standard InChI is InChI=1S/C11H14N6O3S2/c1-2-5(22-11-13-15-16-14-11)4-3-21-9-6(12)8(18)17(9)7(4)10(19)20/h5-6,9H,2-3,12H2,1H3,(H,19,20)(H,13,14,15,16)/t5?,6?,9-/m0/s1. The lowest BCUT2D eigenvalue weighted by atomic mass is 10.0. The van der Waals surface area contributed by atoms with Gasteiger partial charge in [0.1, 0.15) is 17.1 Å². The van der Waals surface area contributed by atoms with E-state index in [9.17, 15) is 14.7 Å². The number of nitrogens with zero attached hydrogens (tertiary/aromatic N) is 4. The molecule has 1 amide bonds. The van der Waals surface area contributed by atoms with Gasteiger partial charge in [-0.2, -0.15) is 5.21 Å². The number of carbonyl (C=O) groups is 2. The number of carboxylic acid groups (broad SMARTS) is 1. The highest BCUT2D eigenvalue weighted by molar-refractivity contribution is 8.01. The largest absolute Gasteiger partial charge is 0.477 e. The summed E-state index contributed by atoms with van der Waals surface area (Å²) in [6.07, 6.45) is 0.685. The van der Waals surface area contributed by atoms with Gasteiger partial charge in [-0.25, -0.2) is 4.79 Å². The topological polar surface area (TPSA) is 138 Å². The van der Waals surface area contributed by atoms with Crippen LogP contribution in [0, 0.1) is 0 Å². The zero-order valence-corrected chi connectivity index (χ0v) is 13.2. The number of fused-ring (bicyclic) bond motifs is 1. The monoisotopic (exact) mass is 342 g/mol. The summed E-state index contributed by atoms with van der Waals surface area (Å²) in [5, 5.41) is 23.2. The number of nitrogens with one attached hydrogen (secondary N) is 1. The molecule has 2 aliphatic heterocycles. The Hall–Kier alpha value is -1.59. The molecule has 4 N–H and O–H groups in total. The Balaban J connectivity index is 1.94. The summed E-state index contributed by atoms with van der Waals surface area (Å²) in [7, 11) is 0. The number of tetrazole rings is 1. The summed E-state index contributed by atoms with van der Waals surface area (Å²) in [5.41, 5.74) is 6.49. The molecule has 3 heterocycles. The third kappa shape index (κ3) is 2.38. The predicted molar refractivity (Wildman–Crippen MR) is 79.8 cm³/mol. The van der Waals surface area contributed by atoms with Gasteiger partial charge < -0.3 is 10.8 Å². The molecule has 11 heteroatoms. The van der Waals surface area contributed by atoms with Crippen LogP contribution in [0.3, 0.4) is 0 Å². The molecule has 0 bridgehead atoms. The molecule has 3 rings (SSSR count). The zero-order valence-electron chi connectivity index (χ0n) is 11.6. The molecule has 1 aromatic rings. The number of rotatable bonds is 5. The van der Waals surface area contributed by atoms with Crippen LogP contribution in [0.1, 0.15) is 13.3 Å². The number of nitrogens with two attached hydrogens (primary N) is 1. The van der Waals surface area contributed by atoms with Gasteiger partial charge in [-0.3, -0.25) is 9.69 Å². The van der Waals surface area contributed by atoms with Crippen LogP contribution < -0.4 is 5.73 Å². The van der Waals surface area contributed by atoms with Crippen molar-refractivity contribution in [3.63, 3.8) is 0 Å². The Morgan fingerprint density at radius 2 is 2.45 bits per heavy atom. The Morgan fingerprint density at radius 3 is 3.05 bits per heavy atom. The lowest BCUT2D eigenvalue weighted by molar-refractivity contribution is -0.148. The summed E-state index contributed by atoms with van der Waals surface area (Å²) in [4.78, 5) is 24.9. The molecule has 2 aliphatic rings. The molecule has 9 nitrogen and oxygen atoms in total. The number of carboxylic acids is 1. The minimum atomic E-state index is -1.10. The van der Waals surface area contributed by atoms with Crippen LogP contribution >= 0.6 is 23.5 Å². The molecule has 0 spiro atoms.